The van der Waals surface area contributed by atoms with E-state index in [-0.39, 0.29) is 5.91 Å². The molecule has 13 heavy (non-hydrogen) atoms. The van der Waals surface area contributed by atoms with Crippen molar-refractivity contribution in [3.05, 3.63) is 22.1 Å². The number of thiophene rings is 1. The van der Waals surface area contributed by atoms with E-state index in [1.807, 2.05) is 13.0 Å². The molecule has 0 fully saturated rings. The first-order valence-electron chi connectivity index (χ1n) is 4.23. The van der Waals surface area contributed by atoms with E-state index in [0.29, 0.717) is 0 Å². The van der Waals surface area contributed by atoms with E-state index in [0.717, 1.165) is 16.1 Å². The summed E-state index contributed by atoms with van der Waals surface area (Å²) in [4.78, 5) is 12.7. The Bertz CT molecular complexity index is 415. The number of aryl methyl sites for hydroxylation is 1. The van der Waals surface area contributed by atoms with Crippen LogP contribution >= 0.6 is 11.3 Å². The second kappa shape index (κ2) is 2.70. The number of rotatable bonds is 0. The first kappa shape index (κ1) is 8.51. The van der Waals surface area contributed by atoms with Crippen molar-refractivity contribution in [2.75, 3.05) is 5.32 Å². The van der Waals surface area contributed by atoms with Gasteiger partial charge in [-0.15, -0.1) is 11.3 Å². The van der Waals surface area contributed by atoms with Crippen molar-refractivity contribution in [3.8, 4) is 0 Å². The molecular weight excluding hydrogens is 182 g/mol. The van der Waals surface area contributed by atoms with Gasteiger partial charge in [0.2, 0.25) is 0 Å². The van der Waals surface area contributed by atoms with E-state index in [1.165, 1.54) is 10.4 Å². The van der Waals surface area contributed by atoms with E-state index in [1.54, 1.807) is 11.3 Å². The van der Waals surface area contributed by atoms with E-state index in [4.69, 9.17) is 0 Å². The average molecular weight is 193 g/mol. The molecule has 2 rings (SSSR count). The third-order valence-corrected chi connectivity index (χ3v) is 3.54. The molecule has 0 saturated heterocycles. The molecule has 1 aliphatic heterocycles. The van der Waals surface area contributed by atoms with E-state index in [2.05, 4.69) is 19.2 Å². The number of hydrogen-bond acceptors (Lipinski definition) is 2. The highest BCUT2D eigenvalue weighted by atomic mass is 32.1. The zero-order chi connectivity index (χ0) is 9.59. The molecular formula is C10H11NOS. The Kier molecular flexibility index (Phi) is 1.77. The number of carbonyl (C=O) groups excluding carboxylic acids is 1. The van der Waals surface area contributed by atoms with Crippen LogP contribution in [0.1, 0.15) is 22.9 Å². The van der Waals surface area contributed by atoms with Crippen molar-refractivity contribution in [3.63, 3.8) is 0 Å². The summed E-state index contributed by atoms with van der Waals surface area (Å²) >= 11 is 1.65. The molecule has 0 saturated carbocycles. The maximum absolute atomic E-state index is 11.4. The zero-order valence-electron chi connectivity index (χ0n) is 7.89. The normalized spacial score (nSPS) is 17.8. The number of anilines is 1. The number of nitrogens with one attached hydrogen (secondary N) is 1. The van der Waals surface area contributed by atoms with Crippen molar-refractivity contribution in [2.45, 2.75) is 20.8 Å². The number of hydrogen-bond donors (Lipinski definition) is 1. The minimum atomic E-state index is 0.0341. The van der Waals surface area contributed by atoms with Crippen LogP contribution < -0.4 is 5.32 Å². The Labute approximate surface area is 81.3 Å². The van der Waals surface area contributed by atoms with Gasteiger partial charge in [-0.1, -0.05) is 6.08 Å². The maximum atomic E-state index is 11.4. The predicted molar refractivity (Wildman–Crippen MR) is 56.1 cm³/mol. The summed E-state index contributed by atoms with van der Waals surface area (Å²) in [5.74, 6) is 0.0341. The second-order valence-electron chi connectivity index (χ2n) is 3.14. The molecule has 1 aromatic heterocycles. The predicted octanol–water partition coefficient (Wildman–Crippen LogP) is 2.72. The zero-order valence-corrected chi connectivity index (χ0v) is 8.71. The van der Waals surface area contributed by atoms with Crippen LogP contribution in [0.4, 0.5) is 5.00 Å². The lowest BCUT2D eigenvalue weighted by molar-refractivity contribution is -0.110. The molecule has 2 nitrogen and oxygen atoms in total. The van der Waals surface area contributed by atoms with Crippen LogP contribution in [0.5, 0.6) is 0 Å². The quantitative estimate of drug-likeness (QED) is 0.631. The number of carbonyl (C=O) groups is 1. The fraction of sp³-hybridized carbons (Fsp3) is 0.300. The minimum Gasteiger partial charge on any atom is -0.313 e. The number of amides is 1. The lowest BCUT2D eigenvalue weighted by Gasteiger charge is -1.96. The van der Waals surface area contributed by atoms with Gasteiger partial charge in [-0.2, -0.15) is 0 Å². The molecule has 3 heteroatoms. The summed E-state index contributed by atoms with van der Waals surface area (Å²) in [7, 11) is 0. The van der Waals surface area contributed by atoms with Crippen LogP contribution in [-0.4, -0.2) is 5.91 Å². The summed E-state index contributed by atoms with van der Waals surface area (Å²) in [6.45, 7) is 6.04. The molecule has 1 amide bonds. The smallest absolute Gasteiger partial charge is 0.256 e. The Hall–Kier alpha value is -1.09. The summed E-state index contributed by atoms with van der Waals surface area (Å²) in [5, 5.41) is 3.88. The molecule has 0 atom stereocenters. The molecule has 0 aliphatic carbocycles. The van der Waals surface area contributed by atoms with Crippen molar-refractivity contribution < 1.29 is 4.79 Å². The molecule has 0 bridgehead atoms. The van der Waals surface area contributed by atoms with Gasteiger partial charge < -0.3 is 5.32 Å². The lowest BCUT2D eigenvalue weighted by Crippen LogP contribution is -2.03. The van der Waals surface area contributed by atoms with Crippen LogP contribution in [0.2, 0.25) is 0 Å². The highest BCUT2D eigenvalue weighted by Crippen LogP contribution is 2.41. The molecule has 0 spiro atoms. The van der Waals surface area contributed by atoms with E-state index < -0.39 is 0 Å². The van der Waals surface area contributed by atoms with Crippen LogP contribution in [0, 0.1) is 13.8 Å². The Morgan fingerprint density at radius 1 is 1.38 bits per heavy atom. The van der Waals surface area contributed by atoms with Crippen LogP contribution in [0.25, 0.3) is 5.57 Å². The van der Waals surface area contributed by atoms with Crippen molar-refractivity contribution in [1.29, 1.82) is 0 Å². The molecule has 68 valence electrons. The molecule has 1 N–H and O–H groups in total. The largest absolute Gasteiger partial charge is 0.313 e. The average Bonchev–Trinajstić information content (AvgIpc) is 2.51. The van der Waals surface area contributed by atoms with Gasteiger partial charge in [0, 0.05) is 16.0 Å². The number of allylic oxidation sites excluding steroid dienone is 1. The monoisotopic (exact) mass is 193 g/mol. The highest BCUT2D eigenvalue weighted by Gasteiger charge is 2.27. The van der Waals surface area contributed by atoms with Crippen LogP contribution in [0.15, 0.2) is 6.08 Å². The van der Waals surface area contributed by atoms with Crippen LogP contribution in [0.3, 0.4) is 0 Å². The van der Waals surface area contributed by atoms with Gasteiger partial charge in [0.05, 0.1) is 0 Å². The Morgan fingerprint density at radius 3 is 2.69 bits per heavy atom. The lowest BCUT2D eigenvalue weighted by atomic mass is 10.1. The number of fused-ring (bicyclic) bond motifs is 1. The summed E-state index contributed by atoms with van der Waals surface area (Å²) in [6.07, 6.45) is 1.88. The highest BCUT2D eigenvalue weighted by molar-refractivity contribution is 7.17. The van der Waals surface area contributed by atoms with Crippen molar-refractivity contribution >= 4 is 27.8 Å². The summed E-state index contributed by atoms with van der Waals surface area (Å²) in [5.41, 5.74) is 3.15. The second-order valence-corrected chi connectivity index (χ2v) is 4.37. The van der Waals surface area contributed by atoms with Gasteiger partial charge in [0.1, 0.15) is 5.00 Å². The SMILES string of the molecule is C/C=C1\C(=O)Nc2sc(C)c(C)c21. The van der Waals surface area contributed by atoms with Gasteiger partial charge >= 0.3 is 0 Å². The minimum absolute atomic E-state index is 0.0341. The Balaban J connectivity index is 2.68. The first-order chi connectivity index (χ1) is 6.15. The van der Waals surface area contributed by atoms with Crippen LogP contribution in [-0.2, 0) is 4.79 Å². The van der Waals surface area contributed by atoms with E-state index in [9.17, 15) is 4.79 Å². The van der Waals surface area contributed by atoms with Crippen molar-refractivity contribution in [1.82, 2.24) is 0 Å². The third kappa shape index (κ3) is 1.04. The molecule has 0 unspecified atom stereocenters. The summed E-state index contributed by atoms with van der Waals surface area (Å²) < 4.78 is 0. The fourth-order valence-electron chi connectivity index (χ4n) is 1.60. The third-order valence-electron chi connectivity index (χ3n) is 2.42. The van der Waals surface area contributed by atoms with Gasteiger partial charge in [-0.25, -0.2) is 0 Å². The maximum Gasteiger partial charge on any atom is 0.256 e. The molecule has 1 aliphatic rings. The molecule has 0 aromatic carbocycles. The molecule has 1 aromatic rings. The van der Waals surface area contributed by atoms with E-state index >= 15 is 0 Å². The molecule has 0 radical (unpaired) electrons. The van der Waals surface area contributed by atoms with Gasteiger partial charge in [0.15, 0.2) is 0 Å². The standard InChI is InChI=1S/C10H11NOS/c1-4-7-8-5(2)6(3)13-10(8)11-9(7)12/h4H,1-3H3,(H,11,12)/b7-4-. The van der Waals surface area contributed by atoms with Gasteiger partial charge in [0.25, 0.3) is 5.91 Å². The van der Waals surface area contributed by atoms with Gasteiger partial charge in [-0.3, -0.25) is 4.79 Å². The Morgan fingerprint density at radius 2 is 2.08 bits per heavy atom. The summed E-state index contributed by atoms with van der Waals surface area (Å²) in [6, 6.07) is 0. The van der Waals surface area contributed by atoms with Gasteiger partial charge in [-0.05, 0) is 26.3 Å². The topological polar surface area (TPSA) is 29.1 Å². The molecule has 2 heterocycles. The van der Waals surface area contributed by atoms with Crippen molar-refractivity contribution in [2.24, 2.45) is 0 Å². The fourth-order valence-corrected chi connectivity index (χ4v) is 2.67. The first-order valence-corrected chi connectivity index (χ1v) is 5.04.